The van der Waals surface area contributed by atoms with Crippen molar-refractivity contribution in [3.05, 3.63) is 70.1 Å². The summed E-state index contributed by atoms with van der Waals surface area (Å²) in [5.74, 6) is 0.130. The molecular weight excluding hydrogens is 492 g/mol. The molecule has 34 heavy (non-hydrogen) atoms. The molecule has 1 N–H and O–H groups in total. The summed E-state index contributed by atoms with van der Waals surface area (Å²) >= 11 is 13.0. The minimum absolute atomic E-state index is 0.187. The van der Waals surface area contributed by atoms with Gasteiger partial charge in [-0.1, -0.05) is 60.7 Å². The number of hydrogen-bond donors (Lipinski definition) is 1. The van der Waals surface area contributed by atoms with Crippen LogP contribution in [0.3, 0.4) is 0 Å². The summed E-state index contributed by atoms with van der Waals surface area (Å²) in [4.78, 5) is 26.9. The quantitative estimate of drug-likeness (QED) is 0.248. The molecule has 0 aromatic heterocycles. The number of amides is 2. The van der Waals surface area contributed by atoms with Gasteiger partial charge in [0.15, 0.2) is 18.1 Å². The van der Waals surface area contributed by atoms with Gasteiger partial charge in [0.1, 0.15) is 4.32 Å². The van der Waals surface area contributed by atoms with Gasteiger partial charge in [-0.3, -0.25) is 14.5 Å². The third-order valence-electron chi connectivity index (χ3n) is 4.81. The summed E-state index contributed by atoms with van der Waals surface area (Å²) in [5, 5.41) is 3.06. The first kappa shape index (κ1) is 25.8. The van der Waals surface area contributed by atoms with Gasteiger partial charge in [-0.05, 0) is 54.8 Å². The topological polar surface area (TPSA) is 67.9 Å². The number of thiocarbonyl (C=S) groups is 1. The number of nitrogens with one attached hydrogen (secondary N) is 1. The van der Waals surface area contributed by atoms with E-state index in [4.69, 9.17) is 33.3 Å². The number of carbonyl (C=O) groups excluding carboxylic acids is 2. The normalized spacial score (nSPS) is 14.4. The summed E-state index contributed by atoms with van der Waals surface area (Å²) in [6, 6.07) is 11.0. The Morgan fingerprint density at radius 2 is 1.97 bits per heavy atom. The third kappa shape index (κ3) is 6.40. The number of anilines is 1. The Morgan fingerprint density at radius 3 is 2.62 bits per heavy atom. The molecule has 3 rings (SSSR count). The molecule has 1 aliphatic rings. The van der Waals surface area contributed by atoms with Gasteiger partial charge in [0.25, 0.3) is 11.8 Å². The van der Waals surface area contributed by atoms with Crippen LogP contribution in [-0.4, -0.2) is 40.8 Å². The van der Waals surface area contributed by atoms with Crippen molar-refractivity contribution in [2.45, 2.75) is 20.3 Å². The SMILES string of the molecule is C=CCN1C(=O)/C(=C/c2cc(Cl)c(OCC(=O)Nc3ccc(CC)cc3)c(OCC)c2)SC1=S. The molecule has 1 saturated heterocycles. The average Bonchev–Trinajstić information content (AvgIpc) is 3.07. The molecule has 0 radical (unpaired) electrons. The molecule has 2 aromatic carbocycles. The van der Waals surface area contributed by atoms with E-state index in [0.29, 0.717) is 39.4 Å². The summed E-state index contributed by atoms with van der Waals surface area (Å²) < 4.78 is 11.9. The van der Waals surface area contributed by atoms with Gasteiger partial charge in [0.05, 0.1) is 16.5 Å². The molecule has 0 saturated carbocycles. The van der Waals surface area contributed by atoms with Crippen molar-refractivity contribution in [3.8, 4) is 11.5 Å². The van der Waals surface area contributed by atoms with E-state index in [0.717, 1.165) is 6.42 Å². The van der Waals surface area contributed by atoms with E-state index in [9.17, 15) is 9.59 Å². The lowest BCUT2D eigenvalue weighted by atomic mass is 10.1. The van der Waals surface area contributed by atoms with Crippen molar-refractivity contribution in [3.63, 3.8) is 0 Å². The molecule has 0 bridgehead atoms. The number of aryl methyl sites for hydroxylation is 1. The van der Waals surface area contributed by atoms with Gasteiger partial charge in [-0.25, -0.2) is 0 Å². The number of thioether (sulfide) groups is 1. The first-order chi connectivity index (χ1) is 16.4. The predicted octanol–water partition coefficient (Wildman–Crippen LogP) is 5.71. The predicted molar refractivity (Wildman–Crippen MR) is 143 cm³/mol. The van der Waals surface area contributed by atoms with Crippen molar-refractivity contribution < 1.29 is 19.1 Å². The van der Waals surface area contributed by atoms with Crippen molar-refractivity contribution in [2.24, 2.45) is 0 Å². The molecule has 178 valence electrons. The van der Waals surface area contributed by atoms with Crippen molar-refractivity contribution >= 4 is 63.5 Å². The summed E-state index contributed by atoms with van der Waals surface area (Å²) in [5.41, 5.74) is 2.52. The van der Waals surface area contributed by atoms with Crippen LogP contribution in [0.5, 0.6) is 11.5 Å². The number of halogens is 1. The minimum atomic E-state index is -0.322. The van der Waals surface area contributed by atoms with Crippen LogP contribution in [0.25, 0.3) is 6.08 Å². The monoisotopic (exact) mass is 516 g/mol. The Bertz CT molecular complexity index is 1130. The first-order valence-corrected chi connectivity index (χ1v) is 12.3. The van der Waals surface area contributed by atoms with Gasteiger partial charge in [0, 0.05) is 12.2 Å². The van der Waals surface area contributed by atoms with E-state index >= 15 is 0 Å². The largest absolute Gasteiger partial charge is 0.490 e. The van der Waals surface area contributed by atoms with Gasteiger partial charge in [-0.15, -0.1) is 6.58 Å². The van der Waals surface area contributed by atoms with Crippen LogP contribution in [-0.2, 0) is 16.0 Å². The van der Waals surface area contributed by atoms with Crippen LogP contribution in [0, 0.1) is 0 Å². The van der Waals surface area contributed by atoms with E-state index in [1.54, 1.807) is 24.3 Å². The van der Waals surface area contributed by atoms with E-state index in [2.05, 4.69) is 18.8 Å². The Kier molecular flexibility index (Phi) is 9.15. The second-order valence-electron chi connectivity index (χ2n) is 7.23. The van der Waals surface area contributed by atoms with Crippen molar-refractivity contribution in [1.29, 1.82) is 0 Å². The van der Waals surface area contributed by atoms with E-state index < -0.39 is 0 Å². The molecule has 2 amide bonds. The summed E-state index contributed by atoms with van der Waals surface area (Å²) in [6.07, 6.45) is 4.25. The summed E-state index contributed by atoms with van der Waals surface area (Å²) in [6.45, 7) is 8.04. The van der Waals surface area contributed by atoms with E-state index in [1.807, 2.05) is 31.2 Å². The maximum Gasteiger partial charge on any atom is 0.266 e. The molecule has 2 aromatic rings. The van der Waals surface area contributed by atoms with Gasteiger partial charge in [0.2, 0.25) is 0 Å². The van der Waals surface area contributed by atoms with Crippen LogP contribution in [0.1, 0.15) is 25.0 Å². The lowest BCUT2D eigenvalue weighted by Crippen LogP contribution is -2.27. The second kappa shape index (κ2) is 12.1. The molecule has 0 unspecified atom stereocenters. The molecule has 0 spiro atoms. The fraction of sp³-hybridized carbons (Fsp3) is 0.240. The molecule has 9 heteroatoms. The van der Waals surface area contributed by atoms with Gasteiger partial charge in [-0.2, -0.15) is 0 Å². The molecule has 0 atom stereocenters. The van der Waals surface area contributed by atoms with Gasteiger partial charge >= 0.3 is 0 Å². The van der Waals surface area contributed by atoms with Gasteiger partial charge < -0.3 is 14.8 Å². The third-order valence-corrected chi connectivity index (χ3v) is 6.47. The minimum Gasteiger partial charge on any atom is -0.490 e. The number of hydrogen-bond acceptors (Lipinski definition) is 6. The Balaban J connectivity index is 1.74. The zero-order chi connectivity index (χ0) is 24.7. The highest BCUT2D eigenvalue weighted by molar-refractivity contribution is 8.26. The van der Waals surface area contributed by atoms with Crippen LogP contribution in [0.15, 0.2) is 54.0 Å². The first-order valence-electron chi connectivity index (χ1n) is 10.7. The summed E-state index contributed by atoms with van der Waals surface area (Å²) in [7, 11) is 0. The number of benzene rings is 2. The average molecular weight is 517 g/mol. The Hall–Kier alpha value is -2.81. The zero-order valence-electron chi connectivity index (χ0n) is 18.9. The lowest BCUT2D eigenvalue weighted by molar-refractivity contribution is -0.121. The number of rotatable bonds is 10. The molecule has 1 aliphatic heterocycles. The molecule has 1 fully saturated rings. The lowest BCUT2D eigenvalue weighted by Gasteiger charge is -2.15. The molecule has 0 aliphatic carbocycles. The number of carbonyl (C=O) groups is 2. The van der Waals surface area contributed by atoms with Crippen LogP contribution in [0.2, 0.25) is 5.02 Å². The number of nitrogens with zero attached hydrogens (tertiary/aromatic N) is 1. The fourth-order valence-electron chi connectivity index (χ4n) is 3.17. The van der Waals surface area contributed by atoms with E-state index in [-0.39, 0.29) is 29.2 Å². The Labute approximate surface area is 213 Å². The van der Waals surface area contributed by atoms with Crippen molar-refractivity contribution in [1.82, 2.24) is 4.90 Å². The highest BCUT2D eigenvalue weighted by atomic mass is 35.5. The van der Waals surface area contributed by atoms with Crippen molar-refractivity contribution in [2.75, 3.05) is 25.1 Å². The van der Waals surface area contributed by atoms with Crippen LogP contribution >= 0.6 is 35.6 Å². The van der Waals surface area contributed by atoms with Crippen LogP contribution < -0.4 is 14.8 Å². The van der Waals surface area contributed by atoms with E-state index in [1.165, 1.54) is 22.2 Å². The molecular formula is C25H25ClN2O4S2. The van der Waals surface area contributed by atoms with Crippen LogP contribution in [0.4, 0.5) is 5.69 Å². The maximum absolute atomic E-state index is 12.6. The fourth-order valence-corrected chi connectivity index (χ4v) is 4.72. The highest BCUT2D eigenvalue weighted by Crippen LogP contribution is 2.39. The standard InChI is InChI=1S/C25H25ClN2O4S2/c1-4-11-28-24(30)21(34-25(28)33)14-17-12-19(26)23(20(13-17)31-6-3)32-15-22(29)27-18-9-7-16(5-2)8-10-18/h4,7-10,12-14H,1,5-6,11,15H2,2-3H3,(H,27,29)/b21-14-. The number of ether oxygens (including phenoxy) is 2. The Morgan fingerprint density at radius 1 is 1.24 bits per heavy atom. The smallest absolute Gasteiger partial charge is 0.266 e. The molecule has 1 heterocycles. The zero-order valence-corrected chi connectivity index (χ0v) is 21.3. The highest BCUT2D eigenvalue weighted by Gasteiger charge is 2.31. The molecule has 6 nitrogen and oxygen atoms in total. The maximum atomic E-state index is 12.6. The second-order valence-corrected chi connectivity index (χ2v) is 9.31.